The number of hydrogen-bond donors (Lipinski definition) is 0. The second-order valence-electron chi connectivity index (χ2n) is 4.25. The van der Waals surface area contributed by atoms with E-state index >= 15 is 0 Å². The number of halogens is 3. The van der Waals surface area contributed by atoms with Crippen LogP contribution in [0.15, 0.2) is 18.2 Å². The van der Waals surface area contributed by atoms with Crippen molar-refractivity contribution in [2.24, 2.45) is 0 Å². The van der Waals surface area contributed by atoms with E-state index in [4.69, 9.17) is 5.26 Å². The Labute approximate surface area is 115 Å². The highest BCUT2D eigenvalue weighted by molar-refractivity contribution is 7.98. The predicted molar refractivity (Wildman–Crippen MR) is 72.4 cm³/mol. The maximum absolute atomic E-state index is 12.9. The van der Waals surface area contributed by atoms with Crippen LogP contribution >= 0.6 is 11.8 Å². The Balaban J connectivity index is 3.16. The molecule has 0 heterocycles. The van der Waals surface area contributed by atoms with Gasteiger partial charge in [0.05, 0.1) is 17.2 Å². The molecular weight excluding hydrogens is 273 g/mol. The zero-order valence-corrected chi connectivity index (χ0v) is 11.8. The highest BCUT2D eigenvalue weighted by Gasteiger charge is 2.34. The second-order valence-corrected chi connectivity index (χ2v) is 5.17. The molecule has 0 aliphatic carbocycles. The summed E-state index contributed by atoms with van der Waals surface area (Å²) in [7, 11) is 1.75. The third-order valence-corrected chi connectivity index (χ3v) is 3.72. The molecule has 1 aromatic rings. The standard InChI is InChI=1S/C13H15F3N2S/c1-9(8-19-3)18(2)11-5-4-10(7-17)12(6-11)13(14,15)16/h4-6,9H,8H2,1-3H3. The minimum Gasteiger partial charge on any atom is -0.371 e. The van der Waals surface area contributed by atoms with Crippen LogP contribution in [-0.4, -0.2) is 25.1 Å². The minimum absolute atomic E-state index is 0.115. The maximum atomic E-state index is 12.9. The third kappa shape index (κ3) is 3.80. The van der Waals surface area contributed by atoms with E-state index in [2.05, 4.69) is 0 Å². The average Bonchev–Trinajstić information content (AvgIpc) is 2.36. The lowest BCUT2D eigenvalue weighted by Gasteiger charge is -2.27. The van der Waals surface area contributed by atoms with Crippen LogP contribution in [0.5, 0.6) is 0 Å². The van der Waals surface area contributed by atoms with Crippen molar-refractivity contribution in [1.82, 2.24) is 0 Å². The van der Waals surface area contributed by atoms with Gasteiger partial charge in [-0.2, -0.15) is 30.2 Å². The summed E-state index contributed by atoms with van der Waals surface area (Å²) in [6, 6.07) is 5.50. The van der Waals surface area contributed by atoms with E-state index in [1.807, 2.05) is 13.2 Å². The first kappa shape index (κ1) is 15.7. The van der Waals surface area contributed by atoms with Crippen molar-refractivity contribution in [3.63, 3.8) is 0 Å². The number of nitriles is 1. The molecule has 0 N–H and O–H groups in total. The molecule has 1 aromatic carbocycles. The van der Waals surface area contributed by atoms with Crippen molar-refractivity contribution in [1.29, 1.82) is 5.26 Å². The molecule has 19 heavy (non-hydrogen) atoms. The summed E-state index contributed by atoms with van der Waals surface area (Å²) in [5.41, 5.74) is -0.759. The second kappa shape index (κ2) is 6.20. The topological polar surface area (TPSA) is 27.0 Å². The van der Waals surface area contributed by atoms with Gasteiger partial charge < -0.3 is 4.90 Å². The zero-order chi connectivity index (χ0) is 14.6. The lowest BCUT2D eigenvalue weighted by atomic mass is 10.1. The number of hydrogen-bond acceptors (Lipinski definition) is 3. The van der Waals surface area contributed by atoms with Crippen molar-refractivity contribution in [3.05, 3.63) is 29.3 Å². The summed E-state index contributed by atoms with van der Waals surface area (Å²) in [4.78, 5) is 1.78. The number of rotatable bonds is 4. The van der Waals surface area contributed by atoms with E-state index < -0.39 is 11.7 Å². The minimum atomic E-state index is -4.51. The summed E-state index contributed by atoms with van der Waals surface area (Å²) < 4.78 is 38.6. The van der Waals surface area contributed by atoms with Crippen LogP contribution in [0, 0.1) is 11.3 Å². The first-order valence-corrected chi connectivity index (χ1v) is 7.03. The fourth-order valence-electron chi connectivity index (χ4n) is 1.69. The first-order valence-electron chi connectivity index (χ1n) is 5.64. The highest BCUT2D eigenvalue weighted by Crippen LogP contribution is 2.34. The summed E-state index contributed by atoms with van der Waals surface area (Å²) in [5.74, 6) is 0.817. The molecule has 0 saturated heterocycles. The van der Waals surface area contributed by atoms with E-state index in [0.29, 0.717) is 5.69 Å². The normalized spacial score (nSPS) is 12.9. The molecule has 0 spiro atoms. The van der Waals surface area contributed by atoms with Gasteiger partial charge in [0.1, 0.15) is 0 Å². The molecule has 1 atom stereocenters. The van der Waals surface area contributed by atoms with Gasteiger partial charge in [-0.05, 0) is 31.4 Å². The van der Waals surface area contributed by atoms with E-state index in [1.165, 1.54) is 6.07 Å². The molecule has 0 fully saturated rings. The van der Waals surface area contributed by atoms with Crippen LogP contribution in [-0.2, 0) is 6.18 Å². The molecule has 1 rings (SSSR count). The zero-order valence-electron chi connectivity index (χ0n) is 11.0. The third-order valence-electron chi connectivity index (χ3n) is 2.91. The quantitative estimate of drug-likeness (QED) is 0.844. The molecule has 0 radical (unpaired) electrons. The molecular formula is C13H15F3N2S. The van der Waals surface area contributed by atoms with Gasteiger partial charge in [0, 0.05) is 24.5 Å². The fraction of sp³-hybridized carbons (Fsp3) is 0.462. The molecule has 0 aliphatic rings. The van der Waals surface area contributed by atoms with Crippen LogP contribution in [0.3, 0.4) is 0 Å². The van der Waals surface area contributed by atoms with Crippen LogP contribution in [0.25, 0.3) is 0 Å². The Morgan fingerprint density at radius 1 is 1.42 bits per heavy atom. The fourth-order valence-corrected chi connectivity index (χ4v) is 2.40. The molecule has 0 bridgehead atoms. The monoisotopic (exact) mass is 288 g/mol. The Morgan fingerprint density at radius 2 is 2.05 bits per heavy atom. The van der Waals surface area contributed by atoms with Crippen LogP contribution < -0.4 is 4.90 Å². The summed E-state index contributed by atoms with van der Waals surface area (Å²) in [6.07, 6.45) is -2.56. The lowest BCUT2D eigenvalue weighted by molar-refractivity contribution is -0.137. The number of alkyl halides is 3. The molecule has 0 aromatic heterocycles. The predicted octanol–water partition coefficient (Wildman–Crippen LogP) is 3.76. The average molecular weight is 288 g/mol. The van der Waals surface area contributed by atoms with Crippen molar-refractivity contribution < 1.29 is 13.2 Å². The Kier molecular flexibility index (Phi) is 5.12. The first-order chi connectivity index (χ1) is 8.81. The van der Waals surface area contributed by atoms with Crippen LogP contribution in [0.1, 0.15) is 18.1 Å². The van der Waals surface area contributed by atoms with E-state index in [9.17, 15) is 13.2 Å². The number of benzene rings is 1. The van der Waals surface area contributed by atoms with Gasteiger partial charge in [-0.3, -0.25) is 0 Å². The molecule has 6 heteroatoms. The number of thioether (sulfide) groups is 1. The van der Waals surface area contributed by atoms with Gasteiger partial charge in [-0.15, -0.1) is 0 Å². The van der Waals surface area contributed by atoms with E-state index in [1.54, 1.807) is 35.8 Å². The van der Waals surface area contributed by atoms with Gasteiger partial charge in [-0.1, -0.05) is 0 Å². The van der Waals surface area contributed by atoms with E-state index in [-0.39, 0.29) is 11.6 Å². The summed E-state index contributed by atoms with van der Waals surface area (Å²) in [6.45, 7) is 1.95. The summed E-state index contributed by atoms with van der Waals surface area (Å²) in [5, 5.41) is 8.74. The van der Waals surface area contributed by atoms with E-state index in [0.717, 1.165) is 11.8 Å². The van der Waals surface area contributed by atoms with Gasteiger partial charge >= 0.3 is 6.18 Å². The lowest BCUT2D eigenvalue weighted by Crippen LogP contribution is -2.31. The Bertz CT molecular complexity index is 480. The van der Waals surface area contributed by atoms with Gasteiger partial charge in [0.15, 0.2) is 0 Å². The van der Waals surface area contributed by atoms with Crippen molar-refractivity contribution in [2.45, 2.75) is 19.1 Å². The van der Waals surface area contributed by atoms with Gasteiger partial charge in [0.25, 0.3) is 0 Å². The molecule has 0 aliphatic heterocycles. The molecule has 2 nitrogen and oxygen atoms in total. The van der Waals surface area contributed by atoms with Crippen molar-refractivity contribution >= 4 is 17.4 Å². The van der Waals surface area contributed by atoms with Crippen molar-refractivity contribution in [2.75, 3.05) is 24.0 Å². The molecule has 0 saturated carbocycles. The maximum Gasteiger partial charge on any atom is 0.417 e. The van der Waals surface area contributed by atoms with Gasteiger partial charge in [-0.25, -0.2) is 0 Å². The number of anilines is 1. The highest BCUT2D eigenvalue weighted by atomic mass is 32.2. The number of nitrogens with zero attached hydrogens (tertiary/aromatic N) is 2. The Morgan fingerprint density at radius 3 is 2.53 bits per heavy atom. The molecule has 0 amide bonds. The molecule has 1 unspecified atom stereocenters. The largest absolute Gasteiger partial charge is 0.417 e. The summed E-state index contributed by atoms with van der Waals surface area (Å²) >= 11 is 1.63. The smallest absolute Gasteiger partial charge is 0.371 e. The van der Waals surface area contributed by atoms with Crippen molar-refractivity contribution in [3.8, 4) is 6.07 Å². The van der Waals surface area contributed by atoms with Crippen LogP contribution in [0.4, 0.5) is 18.9 Å². The SMILES string of the molecule is CSCC(C)N(C)c1ccc(C#N)c(C(F)(F)F)c1. The Hall–Kier alpha value is -1.35. The van der Waals surface area contributed by atoms with Gasteiger partial charge in [0.2, 0.25) is 0 Å². The molecule has 104 valence electrons. The van der Waals surface area contributed by atoms with Crippen LogP contribution in [0.2, 0.25) is 0 Å².